The molecule has 3 nitrogen and oxygen atoms in total. The third-order valence-corrected chi connectivity index (χ3v) is 2.79. The average molecular weight is 286 g/mol. The molecular formula is C13H10F4N2O. The van der Waals surface area contributed by atoms with Crippen molar-refractivity contribution in [2.24, 2.45) is 7.05 Å². The zero-order valence-corrected chi connectivity index (χ0v) is 10.6. The summed E-state index contributed by atoms with van der Waals surface area (Å²) in [5.41, 5.74) is -1.10. The van der Waals surface area contributed by atoms with E-state index in [1.165, 1.54) is 10.9 Å². The molecule has 0 bridgehead atoms. The number of hydrogen-bond donors (Lipinski definition) is 0. The Morgan fingerprint density at radius 2 is 1.95 bits per heavy atom. The van der Waals surface area contributed by atoms with Crippen LogP contribution in [-0.4, -0.2) is 15.6 Å². The number of aryl methyl sites for hydroxylation is 2. The number of carbonyl (C=O) groups is 1. The molecule has 0 spiro atoms. The van der Waals surface area contributed by atoms with Crippen LogP contribution in [0.25, 0.3) is 0 Å². The van der Waals surface area contributed by atoms with Crippen LogP contribution in [0.15, 0.2) is 24.4 Å². The SMILES string of the molecule is Cc1nn(C)cc1C(=O)c1ccc(F)c(C(F)(F)F)c1. The molecule has 1 heterocycles. The molecule has 20 heavy (non-hydrogen) atoms. The molecule has 0 fully saturated rings. The fraction of sp³-hybridized carbons (Fsp3) is 0.231. The first-order chi connectivity index (χ1) is 9.20. The Bertz CT molecular complexity index is 673. The molecule has 0 atom stereocenters. The molecule has 106 valence electrons. The maximum absolute atomic E-state index is 13.2. The normalized spacial score (nSPS) is 11.7. The number of rotatable bonds is 2. The lowest BCUT2D eigenvalue weighted by Gasteiger charge is -2.09. The van der Waals surface area contributed by atoms with E-state index >= 15 is 0 Å². The van der Waals surface area contributed by atoms with E-state index < -0.39 is 23.3 Å². The van der Waals surface area contributed by atoms with Crippen molar-refractivity contribution in [3.05, 3.63) is 52.6 Å². The molecule has 0 aliphatic heterocycles. The third kappa shape index (κ3) is 2.56. The molecule has 1 aromatic carbocycles. The van der Waals surface area contributed by atoms with Crippen LogP contribution >= 0.6 is 0 Å². The molecule has 2 rings (SSSR count). The van der Waals surface area contributed by atoms with Crippen molar-refractivity contribution in [1.29, 1.82) is 0 Å². The largest absolute Gasteiger partial charge is 0.419 e. The summed E-state index contributed by atoms with van der Waals surface area (Å²) >= 11 is 0. The summed E-state index contributed by atoms with van der Waals surface area (Å²) in [4.78, 5) is 12.1. The van der Waals surface area contributed by atoms with Crippen molar-refractivity contribution in [3.8, 4) is 0 Å². The second kappa shape index (κ2) is 4.73. The number of alkyl halides is 3. The standard InChI is InChI=1S/C13H10F4N2O/c1-7-9(6-19(2)18-7)12(20)8-3-4-11(14)10(5-8)13(15,16)17/h3-6H,1-2H3. The van der Waals surface area contributed by atoms with Crippen molar-refractivity contribution < 1.29 is 22.4 Å². The molecule has 1 aromatic heterocycles. The highest BCUT2D eigenvalue weighted by atomic mass is 19.4. The lowest BCUT2D eigenvalue weighted by molar-refractivity contribution is -0.140. The number of halogens is 4. The summed E-state index contributed by atoms with van der Waals surface area (Å²) in [5, 5.41) is 3.95. The van der Waals surface area contributed by atoms with E-state index in [0.29, 0.717) is 17.8 Å². The van der Waals surface area contributed by atoms with Crippen molar-refractivity contribution >= 4 is 5.78 Å². The molecule has 0 unspecified atom stereocenters. The van der Waals surface area contributed by atoms with E-state index in [9.17, 15) is 22.4 Å². The van der Waals surface area contributed by atoms with Gasteiger partial charge in [-0.25, -0.2) is 4.39 Å². The van der Waals surface area contributed by atoms with Crippen molar-refractivity contribution in [2.75, 3.05) is 0 Å². The van der Waals surface area contributed by atoms with Gasteiger partial charge in [0.25, 0.3) is 0 Å². The molecule has 0 amide bonds. The molecule has 0 aliphatic carbocycles. The van der Waals surface area contributed by atoms with E-state index in [2.05, 4.69) is 5.10 Å². The van der Waals surface area contributed by atoms with Gasteiger partial charge in [-0.1, -0.05) is 0 Å². The van der Waals surface area contributed by atoms with E-state index in [0.717, 1.165) is 6.07 Å². The van der Waals surface area contributed by atoms with Crippen LogP contribution in [0.1, 0.15) is 27.2 Å². The highest BCUT2D eigenvalue weighted by Crippen LogP contribution is 2.32. The number of ketones is 1. The summed E-state index contributed by atoms with van der Waals surface area (Å²) in [5.74, 6) is -2.03. The van der Waals surface area contributed by atoms with Crippen molar-refractivity contribution in [3.63, 3.8) is 0 Å². The summed E-state index contributed by atoms with van der Waals surface area (Å²) < 4.78 is 52.4. The predicted octanol–water partition coefficient (Wildman–Crippen LogP) is 3.12. The van der Waals surface area contributed by atoms with Gasteiger partial charge in [0.1, 0.15) is 5.82 Å². The minimum Gasteiger partial charge on any atom is -0.288 e. The molecule has 0 radical (unpaired) electrons. The number of hydrogen-bond acceptors (Lipinski definition) is 2. The first-order valence-electron chi connectivity index (χ1n) is 5.62. The highest BCUT2D eigenvalue weighted by Gasteiger charge is 2.34. The van der Waals surface area contributed by atoms with Crippen LogP contribution in [0, 0.1) is 12.7 Å². The van der Waals surface area contributed by atoms with Crippen LogP contribution in [0.5, 0.6) is 0 Å². The first kappa shape index (κ1) is 14.2. The molecule has 0 saturated heterocycles. The van der Waals surface area contributed by atoms with Gasteiger partial charge in [0.2, 0.25) is 0 Å². The lowest BCUT2D eigenvalue weighted by Crippen LogP contribution is -2.11. The van der Waals surface area contributed by atoms with E-state index in [1.807, 2.05) is 0 Å². The number of carbonyl (C=O) groups excluding carboxylic acids is 1. The zero-order valence-electron chi connectivity index (χ0n) is 10.6. The first-order valence-corrected chi connectivity index (χ1v) is 5.62. The fourth-order valence-corrected chi connectivity index (χ4v) is 1.86. The van der Waals surface area contributed by atoms with Gasteiger partial charge in [-0.15, -0.1) is 0 Å². The Morgan fingerprint density at radius 1 is 1.30 bits per heavy atom. The quantitative estimate of drug-likeness (QED) is 0.628. The Labute approximate surface area is 111 Å². The van der Waals surface area contributed by atoms with E-state index in [1.54, 1.807) is 14.0 Å². The van der Waals surface area contributed by atoms with Crippen molar-refractivity contribution in [2.45, 2.75) is 13.1 Å². The third-order valence-electron chi connectivity index (χ3n) is 2.79. The lowest BCUT2D eigenvalue weighted by atomic mass is 10.0. The number of nitrogens with zero attached hydrogens (tertiary/aromatic N) is 2. The second-order valence-corrected chi connectivity index (χ2v) is 4.32. The smallest absolute Gasteiger partial charge is 0.288 e. The summed E-state index contributed by atoms with van der Waals surface area (Å²) in [6.07, 6.45) is -3.43. The Balaban J connectivity index is 2.49. The van der Waals surface area contributed by atoms with Gasteiger partial charge in [0.15, 0.2) is 5.78 Å². The highest BCUT2D eigenvalue weighted by molar-refractivity contribution is 6.09. The maximum atomic E-state index is 13.2. The number of benzene rings is 1. The molecule has 2 aromatic rings. The van der Waals surface area contributed by atoms with Gasteiger partial charge in [-0.2, -0.15) is 18.3 Å². The summed E-state index contributed by atoms with van der Waals surface area (Å²) in [6.45, 7) is 1.57. The van der Waals surface area contributed by atoms with Gasteiger partial charge in [-0.05, 0) is 25.1 Å². The number of aromatic nitrogens is 2. The molecule has 0 N–H and O–H groups in total. The molecule has 0 aliphatic rings. The van der Waals surface area contributed by atoms with Crippen LogP contribution in [0.2, 0.25) is 0 Å². The monoisotopic (exact) mass is 286 g/mol. The summed E-state index contributed by atoms with van der Waals surface area (Å²) in [7, 11) is 1.59. The van der Waals surface area contributed by atoms with Crippen LogP contribution in [0.3, 0.4) is 0 Å². The maximum Gasteiger partial charge on any atom is 0.419 e. The van der Waals surface area contributed by atoms with E-state index in [-0.39, 0.29) is 11.1 Å². The fourth-order valence-electron chi connectivity index (χ4n) is 1.86. The van der Waals surface area contributed by atoms with Gasteiger partial charge >= 0.3 is 6.18 Å². The molecular weight excluding hydrogens is 276 g/mol. The predicted molar refractivity (Wildman–Crippen MR) is 62.8 cm³/mol. The minimum absolute atomic E-state index is 0.187. The van der Waals surface area contributed by atoms with Crippen molar-refractivity contribution in [1.82, 2.24) is 9.78 Å². The molecule has 0 saturated carbocycles. The summed E-state index contributed by atoms with van der Waals surface area (Å²) in [6, 6.07) is 2.19. The van der Waals surface area contributed by atoms with Gasteiger partial charge in [-0.3, -0.25) is 9.48 Å². The Kier molecular flexibility index (Phi) is 3.37. The zero-order chi connectivity index (χ0) is 15.1. The average Bonchev–Trinajstić information content (AvgIpc) is 2.66. The minimum atomic E-state index is -4.84. The van der Waals surface area contributed by atoms with Crippen LogP contribution in [0.4, 0.5) is 17.6 Å². The second-order valence-electron chi connectivity index (χ2n) is 4.32. The van der Waals surface area contributed by atoms with Gasteiger partial charge in [0.05, 0.1) is 16.8 Å². The molecule has 7 heteroatoms. The van der Waals surface area contributed by atoms with Gasteiger partial charge < -0.3 is 0 Å². The Morgan fingerprint density at radius 3 is 2.45 bits per heavy atom. The van der Waals surface area contributed by atoms with Gasteiger partial charge in [0, 0.05) is 18.8 Å². The van der Waals surface area contributed by atoms with Crippen LogP contribution < -0.4 is 0 Å². The Hall–Kier alpha value is -2.18. The van der Waals surface area contributed by atoms with E-state index in [4.69, 9.17) is 0 Å². The topological polar surface area (TPSA) is 34.9 Å². The van der Waals surface area contributed by atoms with Crippen LogP contribution in [-0.2, 0) is 13.2 Å².